The monoisotopic (exact) mass is 340 g/mol. The number of hydrogen-bond acceptors (Lipinski definition) is 2. The van der Waals surface area contributed by atoms with Crippen molar-refractivity contribution < 1.29 is 14.7 Å². The third kappa shape index (κ3) is 19.2. The normalized spacial score (nSPS) is 10.9. The van der Waals surface area contributed by atoms with Crippen LogP contribution in [-0.2, 0) is 9.59 Å². The summed E-state index contributed by atoms with van der Waals surface area (Å²) in [6.07, 6.45) is 19.8. The van der Waals surface area contributed by atoms with Gasteiger partial charge in [0.2, 0.25) is 0 Å². The Labute approximate surface area is 149 Å². The molecular formula is C21H40O3. The third-order valence-corrected chi connectivity index (χ3v) is 4.66. The molecule has 0 unspecified atom stereocenters. The predicted molar refractivity (Wildman–Crippen MR) is 101 cm³/mol. The molecule has 0 rings (SSSR count). The molecule has 0 aliphatic rings. The number of hydrogen-bond donors (Lipinski definition) is 1. The molecule has 0 bridgehead atoms. The van der Waals surface area contributed by atoms with Gasteiger partial charge in [-0.25, -0.2) is 0 Å². The molecule has 142 valence electrons. The number of carbonyl (C=O) groups is 2. The van der Waals surface area contributed by atoms with Crippen molar-refractivity contribution in [2.45, 2.75) is 122 Å². The smallest absolute Gasteiger partial charge is 0.303 e. The van der Waals surface area contributed by atoms with Crippen LogP contribution in [0, 0.1) is 0 Å². The molecular weight excluding hydrogens is 300 g/mol. The average Bonchev–Trinajstić information content (AvgIpc) is 2.55. The van der Waals surface area contributed by atoms with Crippen LogP contribution in [0.1, 0.15) is 122 Å². The average molecular weight is 341 g/mol. The molecule has 24 heavy (non-hydrogen) atoms. The van der Waals surface area contributed by atoms with E-state index >= 15 is 0 Å². The Morgan fingerprint density at radius 1 is 0.542 bits per heavy atom. The minimum Gasteiger partial charge on any atom is -0.481 e. The van der Waals surface area contributed by atoms with E-state index in [1.807, 2.05) is 0 Å². The molecule has 1 N–H and O–H groups in total. The molecule has 0 heterocycles. The van der Waals surface area contributed by atoms with E-state index in [-0.39, 0.29) is 6.42 Å². The number of Topliss-reactive ketones (excluding diaryl/α,β-unsaturated/α-hetero) is 1. The topological polar surface area (TPSA) is 54.4 Å². The summed E-state index contributed by atoms with van der Waals surface area (Å²) in [7, 11) is 0. The molecule has 0 aromatic rings. The van der Waals surface area contributed by atoms with Gasteiger partial charge in [0.15, 0.2) is 0 Å². The predicted octanol–water partition coefficient (Wildman–Crippen LogP) is 6.68. The number of unbranched alkanes of at least 4 members (excludes halogenated alkanes) is 13. The van der Waals surface area contributed by atoms with Gasteiger partial charge in [-0.2, -0.15) is 0 Å². The first-order valence-corrected chi connectivity index (χ1v) is 10.4. The quantitative estimate of drug-likeness (QED) is 0.267. The van der Waals surface area contributed by atoms with Gasteiger partial charge >= 0.3 is 5.97 Å². The van der Waals surface area contributed by atoms with Crippen LogP contribution >= 0.6 is 0 Å². The number of carbonyl (C=O) groups excluding carboxylic acids is 1. The van der Waals surface area contributed by atoms with Gasteiger partial charge in [0.1, 0.15) is 5.78 Å². The lowest BCUT2D eigenvalue weighted by Gasteiger charge is -2.03. The van der Waals surface area contributed by atoms with Crippen molar-refractivity contribution in [2.75, 3.05) is 0 Å². The molecule has 3 nitrogen and oxygen atoms in total. The van der Waals surface area contributed by atoms with Crippen LogP contribution in [0.25, 0.3) is 0 Å². The van der Waals surface area contributed by atoms with Crippen LogP contribution in [0.3, 0.4) is 0 Å². The van der Waals surface area contributed by atoms with E-state index in [0.717, 1.165) is 25.7 Å². The van der Waals surface area contributed by atoms with Gasteiger partial charge in [-0.1, -0.05) is 84.0 Å². The molecule has 0 aromatic heterocycles. The van der Waals surface area contributed by atoms with Gasteiger partial charge in [0.25, 0.3) is 0 Å². The summed E-state index contributed by atoms with van der Waals surface area (Å²) in [6, 6.07) is 0. The number of ketones is 1. The fourth-order valence-electron chi connectivity index (χ4n) is 3.06. The van der Waals surface area contributed by atoms with Crippen LogP contribution in [-0.4, -0.2) is 16.9 Å². The second-order valence-corrected chi connectivity index (χ2v) is 7.13. The van der Waals surface area contributed by atoms with Crippen molar-refractivity contribution in [1.82, 2.24) is 0 Å². The molecule has 0 radical (unpaired) electrons. The van der Waals surface area contributed by atoms with Crippen LogP contribution < -0.4 is 0 Å². The molecule has 0 spiro atoms. The van der Waals surface area contributed by atoms with Crippen molar-refractivity contribution in [3.05, 3.63) is 0 Å². The fourth-order valence-corrected chi connectivity index (χ4v) is 3.06. The lowest BCUT2D eigenvalue weighted by molar-refractivity contribution is -0.137. The van der Waals surface area contributed by atoms with E-state index in [9.17, 15) is 9.59 Å². The Hall–Kier alpha value is -0.860. The largest absolute Gasteiger partial charge is 0.481 e. The highest BCUT2D eigenvalue weighted by Gasteiger charge is 2.03. The van der Waals surface area contributed by atoms with Gasteiger partial charge in [0, 0.05) is 19.3 Å². The number of rotatable bonds is 19. The summed E-state index contributed by atoms with van der Waals surface area (Å²) in [4.78, 5) is 22.1. The zero-order chi connectivity index (χ0) is 17.9. The maximum atomic E-state index is 11.7. The lowest BCUT2D eigenvalue weighted by atomic mass is 10.0. The highest BCUT2D eigenvalue weighted by atomic mass is 16.4. The van der Waals surface area contributed by atoms with E-state index in [1.165, 1.54) is 70.6 Å². The summed E-state index contributed by atoms with van der Waals surface area (Å²) in [6.45, 7) is 2.26. The van der Waals surface area contributed by atoms with Crippen LogP contribution in [0.5, 0.6) is 0 Å². The minimum absolute atomic E-state index is 0.229. The van der Waals surface area contributed by atoms with Crippen LogP contribution in [0.15, 0.2) is 0 Å². The first-order valence-electron chi connectivity index (χ1n) is 10.4. The van der Waals surface area contributed by atoms with Gasteiger partial charge < -0.3 is 5.11 Å². The zero-order valence-electron chi connectivity index (χ0n) is 16.0. The molecule has 0 aliphatic heterocycles. The Bertz CT molecular complexity index is 299. The molecule has 0 fully saturated rings. The molecule has 0 aromatic carbocycles. The molecule has 3 heteroatoms. The van der Waals surface area contributed by atoms with Crippen molar-refractivity contribution in [2.24, 2.45) is 0 Å². The summed E-state index contributed by atoms with van der Waals surface area (Å²) >= 11 is 0. The van der Waals surface area contributed by atoms with Gasteiger partial charge in [-0.3, -0.25) is 9.59 Å². The molecule has 0 atom stereocenters. The van der Waals surface area contributed by atoms with E-state index in [0.29, 0.717) is 18.6 Å². The van der Waals surface area contributed by atoms with Crippen molar-refractivity contribution in [1.29, 1.82) is 0 Å². The maximum absolute atomic E-state index is 11.7. The Balaban J connectivity index is 3.15. The molecule has 0 saturated carbocycles. The third-order valence-electron chi connectivity index (χ3n) is 4.66. The van der Waals surface area contributed by atoms with Crippen molar-refractivity contribution in [3.8, 4) is 0 Å². The number of carboxylic acid groups (broad SMARTS) is 1. The zero-order valence-corrected chi connectivity index (χ0v) is 16.0. The summed E-state index contributed by atoms with van der Waals surface area (Å²) in [5.41, 5.74) is 0. The van der Waals surface area contributed by atoms with Crippen molar-refractivity contribution >= 4 is 11.8 Å². The summed E-state index contributed by atoms with van der Waals surface area (Å²) in [5.74, 6) is -0.379. The van der Waals surface area contributed by atoms with E-state index < -0.39 is 5.97 Å². The van der Waals surface area contributed by atoms with Crippen LogP contribution in [0.2, 0.25) is 0 Å². The van der Waals surface area contributed by atoms with Gasteiger partial charge in [-0.05, 0) is 19.3 Å². The SMILES string of the molecule is CCCCCCCCCCCCCCC(=O)CCCCCC(=O)O. The molecule has 0 aliphatic carbocycles. The van der Waals surface area contributed by atoms with Gasteiger partial charge in [-0.15, -0.1) is 0 Å². The van der Waals surface area contributed by atoms with E-state index in [1.54, 1.807) is 0 Å². The van der Waals surface area contributed by atoms with Crippen LogP contribution in [0.4, 0.5) is 0 Å². The first kappa shape index (κ1) is 23.1. The second kappa shape index (κ2) is 18.5. The van der Waals surface area contributed by atoms with E-state index in [2.05, 4.69) is 6.92 Å². The highest BCUT2D eigenvalue weighted by molar-refractivity contribution is 5.78. The summed E-state index contributed by atoms with van der Waals surface area (Å²) < 4.78 is 0. The number of carboxylic acids is 1. The maximum Gasteiger partial charge on any atom is 0.303 e. The fraction of sp³-hybridized carbons (Fsp3) is 0.905. The number of aliphatic carboxylic acids is 1. The van der Waals surface area contributed by atoms with Gasteiger partial charge in [0.05, 0.1) is 0 Å². The Morgan fingerprint density at radius 2 is 0.875 bits per heavy atom. The Kier molecular flexibility index (Phi) is 17.8. The second-order valence-electron chi connectivity index (χ2n) is 7.13. The molecule has 0 saturated heterocycles. The van der Waals surface area contributed by atoms with E-state index in [4.69, 9.17) is 5.11 Å². The lowest BCUT2D eigenvalue weighted by Crippen LogP contribution is -1.98. The molecule has 0 amide bonds. The highest BCUT2D eigenvalue weighted by Crippen LogP contribution is 2.13. The Morgan fingerprint density at radius 3 is 1.29 bits per heavy atom. The minimum atomic E-state index is -0.738. The first-order chi connectivity index (χ1) is 11.7. The van der Waals surface area contributed by atoms with Crippen molar-refractivity contribution in [3.63, 3.8) is 0 Å². The summed E-state index contributed by atoms with van der Waals surface area (Å²) in [5, 5.41) is 8.53. The standard InChI is InChI=1S/C21H40O3/c1-2-3-4-5-6-7-8-9-10-11-12-14-17-20(22)18-15-13-16-19-21(23)24/h2-19H2,1H3,(H,23,24).